The van der Waals surface area contributed by atoms with Crippen LogP contribution in [0.15, 0.2) is 18.2 Å². The van der Waals surface area contributed by atoms with E-state index in [9.17, 15) is 4.79 Å². The van der Waals surface area contributed by atoms with Crippen molar-refractivity contribution in [3.63, 3.8) is 0 Å². The van der Waals surface area contributed by atoms with Crippen LogP contribution < -0.4 is 10.1 Å². The van der Waals surface area contributed by atoms with Gasteiger partial charge in [-0.2, -0.15) is 0 Å². The number of fused-ring (bicyclic) bond motifs is 3. The minimum Gasteiger partial charge on any atom is -0.497 e. The van der Waals surface area contributed by atoms with E-state index in [2.05, 4.69) is 22.4 Å². The van der Waals surface area contributed by atoms with Gasteiger partial charge < -0.3 is 15.0 Å². The van der Waals surface area contributed by atoms with Gasteiger partial charge in [0, 0.05) is 22.5 Å². The molecule has 1 aromatic heterocycles. The van der Waals surface area contributed by atoms with Crippen LogP contribution in [0.3, 0.4) is 0 Å². The van der Waals surface area contributed by atoms with E-state index in [4.69, 9.17) is 4.74 Å². The lowest BCUT2D eigenvalue weighted by atomic mass is 9.87. The SMILES string of the molecule is COc1ccc2[nH]c3c(c2c1)CCC[C@H]3NC(=O)C1CCCCC1. The zero-order chi connectivity index (χ0) is 16.5. The van der Waals surface area contributed by atoms with Gasteiger partial charge in [-0.25, -0.2) is 0 Å². The Bertz CT molecular complexity index is 743. The lowest BCUT2D eigenvalue weighted by molar-refractivity contribution is -0.126. The molecule has 1 atom stereocenters. The molecule has 2 aliphatic carbocycles. The fourth-order valence-electron chi connectivity index (χ4n) is 4.37. The zero-order valence-corrected chi connectivity index (χ0v) is 14.4. The minimum absolute atomic E-state index is 0.126. The molecule has 1 heterocycles. The summed E-state index contributed by atoms with van der Waals surface area (Å²) in [5.41, 5.74) is 3.69. The Morgan fingerprint density at radius 1 is 1.17 bits per heavy atom. The highest BCUT2D eigenvalue weighted by atomic mass is 16.5. The van der Waals surface area contributed by atoms with Gasteiger partial charge in [-0.15, -0.1) is 0 Å². The summed E-state index contributed by atoms with van der Waals surface area (Å²) < 4.78 is 5.37. The number of H-pyrrole nitrogens is 1. The molecule has 1 saturated carbocycles. The number of aryl methyl sites for hydroxylation is 1. The van der Waals surface area contributed by atoms with E-state index in [1.807, 2.05) is 6.07 Å². The summed E-state index contributed by atoms with van der Waals surface area (Å²) in [5, 5.41) is 4.57. The number of carbonyl (C=O) groups is 1. The maximum absolute atomic E-state index is 12.6. The Morgan fingerprint density at radius 2 is 2.00 bits per heavy atom. The number of amides is 1. The van der Waals surface area contributed by atoms with Gasteiger partial charge in [0.2, 0.25) is 5.91 Å². The molecule has 4 rings (SSSR count). The number of methoxy groups -OCH3 is 1. The van der Waals surface area contributed by atoms with Crippen LogP contribution in [0.4, 0.5) is 0 Å². The number of benzene rings is 1. The first-order chi connectivity index (χ1) is 11.8. The quantitative estimate of drug-likeness (QED) is 0.886. The van der Waals surface area contributed by atoms with Crippen LogP contribution in [0.5, 0.6) is 5.75 Å². The first kappa shape index (κ1) is 15.6. The summed E-state index contributed by atoms with van der Waals surface area (Å²) in [6.07, 6.45) is 8.98. The summed E-state index contributed by atoms with van der Waals surface area (Å²) >= 11 is 0. The molecule has 0 radical (unpaired) electrons. The maximum Gasteiger partial charge on any atom is 0.223 e. The molecule has 2 aromatic rings. The molecular formula is C20H26N2O2. The van der Waals surface area contributed by atoms with Gasteiger partial charge in [-0.3, -0.25) is 4.79 Å². The van der Waals surface area contributed by atoms with Crippen molar-refractivity contribution in [1.29, 1.82) is 0 Å². The van der Waals surface area contributed by atoms with Crippen molar-refractivity contribution in [3.05, 3.63) is 29.5 Å². The van der Waals surface area contributed by atoms with Gasteiger partial charge in [0.05, 0.1) is 13.2 Å². The third kappa shape index (κ3) is 2.79. The van der Waals surface area contributed by atoms with E-state index >= 15 is 0 Å². The van der Waals surface area contributed by atoms with E-state index in [0.29, 0.717) is 0 Å². The summed E-state index contributed by atoms with van der Waals surface area (Å²) in [6, 6.07) is 6.30. The fourth-order valence-corrected chi connectivity index (χ4v) is 4.37. The van der Waals surface area contributed by atoms with Crippen LogP contribution in [-0.2, 0) is 11.2 Å². The Balaban J connectivity index is 1.60. The summed E-state index contributed by atoms with van der Waals surface area (Å²) in [7, 11) is 1.70. The van der Waals surface area contributed by atoms with Crippen molar-refractivity contribution in [2.45, 2.75) is 57.4 Å². The van der Waals surface area contributed by atoms with Crippen LogP contribution in [0.25, 0.3) is 10.9 Å². The van der Waals surface area contributed by atoms with E-state index in [0.717, 1.165) is 43.4 Å². The second kappa shape index (κ2) is 6.50. The normalized spacial score (nSPS) is 21.5. The molecule has 2 N–H and O–H groups in total. The highest BCUT2D eigenvalue weighted by Crippen LogP contribution is 2.36. The lowest BCUT2D eigenvalue weighted by Crippen LogP contribution is -2.36. The number of carbonyl (C=O) groups excluding carboxylic acids is 1. The van der Waals surface area contributed by atoms with Gasteiger partial charge in [0.1, 0.15) is 5.75 Å². The highest BCUT2D eigenvalue weighted by molar-refractivity contribution is 5.87. The third-order valence-corrected chi connectivity index (χ3v) is 5.71. The monoisotopic (exact) mass is 326 g/mol. The van der Waals surface area contributed by atoms with Crippen LogP contribution in [0.1, 0.15) is 62.2 Å². The second-order valence-corrected chi connectivity index (χ2v) is 7.22. The molecule has 4 heteroatoms. The maximum atomic E-state index is 12.6. The van der Waals surface area contributed by atoms with Gasteiger partial charge >= 0.3 is 0 Å². The van der Waals surface area contributed by atoms with Crippen LogP contribution in [-0.4, -0.2) is 18.0 Å². The number of nitrogens with one attached hydrogen (secondary N) is 2. The molecule has 0 spiro atoms. The van der Waals surface area contributed by atoms with Crippen molar-refractivity contribution in [2.24, 2.45) is 5.92 Å². The first-order valence-corrected chi connectivity index (χ1v) is 9.25. The van der Waals surface area contributed by atoms with Crippen molar-refractivity contribution >= 4 is 16.8 Å². The molecule has 4 nitrogen and oxygen atoms in total. The number of rotatable bonds is 3. The van der Waals surface area contributed by atoms with Crippen molar-refractivity contribution in [1.82, 2.24) is 10.3 Å². The minimum atomic E-state index is 0.126. The number of aromatic amines is 1. The topological polar surface area (TPSA) is 54.1 Å². The number of ether oxygens (including phenoxy) is 1. The van der Waals surface area contributed by atoms with E-state index in [-0.39, 0.29) is 17.9 Å². The molecule has 1 aromatic carbocycles. The number of hydrogen-bond acceptors (Lipinski definition) is 2. The summed E-state index contributed by atoms with van der Waals surface area (Å²) in [5.74, 6) is 1.36. The van der Waals surface area contributed by atoms with Crippen LogP contribution in [0.2, 0.25) is 0 Å². The molecule has 0 bridgehead atoms. The third-order valence-electron chi connectivity index (χ3n) is 5.71. The molecule has 1 fully saturated rings. The standard InChI is InChI=1S/C20H26N2O2/c1-24-14-10-11-17-16(12-14)15-8-5-9-18(19(15)21-17)22-20(23)13-6-3-2-4-7-13/h10-13,18,21H,2-9H2,1H3,(H,22,23)/t18-/m1/s1. The highest BCUT2D eigenvalue weighted by Gasteiger charge is 2.28. The van der Waals surface area contributed by atoms with E-state index in [1.54, 1.807) is 7.11 Å². The second-order valence-electron chi connectivity index (χ2n) is 7.22. The van der Waals surface area contributed by atoms with Crippen molar-refractivity contribution < 1.29 is 9.53 Å². The Labute approximate surface area is 143 Å². The average Bonchev–Trinajstić information content (AvgIpc) is 3.01. The summed E-state index contributed by atoms with van der Waals surface area (Å²) in [4.78, 5) is 16.2. The molecule has 24 heavy (non-hydrogen) atoms. The van der Waals surface area contributed by atoms with Crippen molar-refractivity contribution in [3.8, 4) is 5.75 Å². The smallest absolute Gasteiger partial charge is 0.223 e. The summed E-state index contributed by atoms with van der Waals surface area (Å²) in [6.45, 7) is 0. The van der Waals surface area contributed by atoms with E-state index in [1.165, 1.54) is 35.9 Å². The fraction of sp³-hybridized carbons (Fsp3) is 0.550. The Morgan fingerprint density at radius 3 is 2.79 bits per heavy atom. The Hall–Kier alpha value is -1.97. The predicted octanol–water partition coefficient (Wildman–Crippen LogP) is 4.25. The predicted molar refractivity (Wildman–Crippen MR) is 95.2 cm³/mol. The van der Waals surface area contributed by atoms with Crippen LogP contribution in [0, 0.1) is 5.92 Å². The van der Waals surface area contributed by atoms with E-state index < -0.39 is 0 Å². The molecule has 128 valence electrons. The van der Waals surface area contributed by atoms with Gasteiger partial charge in [0.25, 0.3) is 0 Å². The number of hydrogen-bond donors (Lipinski definition) is 2. The number of aromatic nitrogens is 1. The van der Waals surface area contributed by atoms with Gasteiger partial charge in [-0.05, 0) is 55.9 Å². The van der Waals surface area contributed by atoms with Gasteiger partial charge in [-0.1, -0.05) is 19.3 Å². The first-order valence-electron chi connectivity index (χ1n) is 9.25. The Kier molecular flexibility index (Phi) is 4.21. The molecular weight excluding hydrogens is 300 g/mol. The molecule has 2 aliphatic rings. The molecule has 0 saturated heterocycles. The zero-order valence-electron chi connectivity index (χ0n) is 14.4. The van der Waals surface area contributed by atoms with Gasteiger partial charge in [0.15, 0.2) is 0 Å². The molecule has 0 aliphatic heterocycles. The van der Waals surface area contributed by atoms with Crippen molar-refractivity contribution in [2.75, 3.05) is 7.11 Å². The largest absolute Gasteiger partial charge is 0.497 e. The molecule has 0 unspecified atom stereocenters. The average molecular weight is 326 g/mol. The molecule has 1 amide bonds. The van der Waals surface area contributed by atoms with Crippen LogP contribution >= 0.6 is 0 Å². The lowest BCUT2D eigenvalue weighted by Gasteiger charge is -2.27.